The van der Waals surface area contributed by atoms with Crippen LogP contribution in [0.4, 0.5) is 0 Å². The zero-order valence-corrected chi connectivity index (χ0v) is 12.4. The van der Waals surface area contributed by atoms with E-state index >= 15 is 0 Å². The molecule has 0 unspecified atom stereocenters. The van der Waals surface area contributed by atoms with Crippen molar-refractivity contribution in [1.82, 2.24) is 10.1 Å². The Morgan fingerprint density at radius 1 is 0.875 bits per heavy atom. The van der Waals surface area contributed by atoms with Gasteiger partial charge in [-0.1, -0.05) is 33.8 Å². The fourth-order valence-corrected chi connectivity index (χ4v) is 2.96. The molecule has 0 saturated carbocycles. The maximum absolute atomic E-state index is 5.85. The largest absolute Gasteiger partial charge is 0.386 e. The standard InChI is InChI=1S/C11H26N2O2Si/c1-6-11-16(14-12(7-2)8-3)15-13(9-4)10-5/h6,11,16H,7-10H2,1-5H3. The first-order chi connectivity index (χ1) is 7.71. The molecule has 0 aromatic carbocycles. The van der Waals surface area contributed by atoms with Gasteiger partial charge < -0.3 is 9.05 Å². The first-order valence-electron chi connectivity index (χ1n) is 6.17. The van der Waals surface area contributed by atoms with Crippen molar-refractivity contribution in [2.24, 2.45) is 0 Å². The zero-order chi connectivity index (χ0) is 12.4. The Morgan fingerprint density at radius 2 is 1.25 bits per heavy atom. The molecule has 0 fully saturated rings. The number of nitrogens with zero attached hydrogens (tertiary/aromatic N) is 2. The predicted molar refractivity (Wildman–Crippen MR) is 70.0 cm³/mol. The van der Waals surface area contributed by atoms with E-state index in [1.807, 2.05) is 23.1 Å². The van der Waals surface area contributed by atoms with Crippen LogP contribution in [-0.2, 0) is 9.05 Å². The Labute approximate surface area is 102 Å². The molecule has 16 heavy (non-hydrogen) atoms. The summed E-state index contributed by atoms with van der Waals surface area (Å²) in [4.78, 5) is 0. The number of hydrogen-bond acceptors (Lipinski definition) is 4. The molecule has 0 atom stereocenters. The Hall–Kier alpha value is -0.203. The SMILES string of the molecule is CC=C[SiH](ON(CC)CC)ON(CC)CC. The third-order valence-corrected chi connectivity index (χ3v) is 3.98. The van der Waals surface area contributed by atoms with Crippen LogP contribution in [0.1, 0.15) is 34.6 Å². The molecule has 0 aromatic heterocycles. The van der Waals surface area contributed by atoms with Gasteiger partial charge in [-0.25, -0.2) is 0 Å². The molecule has 0 N–H and O–H groups in total. The van der Waals surface area contributed by atoms with Gasteiger partial charge in [0, 0.05) is 26.2 Å². The van der Waals surface area contributed by atoms with E-state index in [0.29, 0.717) is 0 Å². The predicted octanol–water partition coefficient (Wildman–Crippen LogP) is 1.87. The fraction of sp³-hybridized carbons (Fsp3) is 0.818. The Kier molecular flexibility index (Phi) is 9.86. The van der Waals surface area contributed by atoms with Crippen LogP contribution in [0.3, 0.4) is 0 Å². The molecule has 0 heterocycles. The molecule has 0 radical (unpaired) electrons. The average Bonchev–Trinajstić information content (AvgIpc) is 2.32. The summed E-state index contributed by atoms with van der Waals surface area (Å²) >= 11 is 0. The van der Waals surface area contributed by atoms with E-state index in [9.17, 15) is 0 Å². The summed E-state index contributed by atoms with van der Waals surface area (Å²) in [7, 11) is -1.75. The van der Waals surface area contributed by atoms with Crippen molar-refractivity contribution in [3.63, 3.8) is 0 Å². The highest BCUT2D eigenvalue weighted by atomic mass is 28.3. The minimum absolute atomic E-state index is 0.888. The Bertz CT molecular complexity index is 169. The lowest BCUT2D eigenvalue weighted by Gasteiger charge is -2.27. The molecular weight excluding hydrogens is 220 g/mol. The second kappa shape index (κ2) is 9.98. The van der Waals surface area contributed by atoms with Gasteiger partial charge in [-0.3, -0.25) is 0 Å². The lowest BCUT2D eigenvalue weighted by Crippen LogP contribution is -2.39. The van der Waals surface area contributed by atoms with Crippen LogP contribution in [0, 0.1) is 0 Å². The molecule has 0 saturated heterocycles. The first-order valence-corrected chi connectivity index (χ1v) is 7.78. The number of hydrogen-bond donors (Lipinski definition) is 0. The van der Waals surface area contributed by atoms with Crippen LogP contribution in [0.2, 0.25) is 0 Å². The van der Waals surface area contributed by atoms with Crippen LogP contribution in [0.25, 0.3) is 0 Å². The second-order valence-electron chi connectivity index (χ2n) is 3.33. The lowest BCUT2D eigenvalue weighted by molar-refractivity contribution is -0.128. The molecule has 0 aromatic rings. The summed E-state index contributed by atoms with van der Waals surface area (Å²) in [6.07, 6.45) is 2.00. The second-order valence-corrected chi connectivity index (χ2v) is 4.88. The summed E-state index contributed by atoms with van der Waals surface area (Å²) in [5.74, 6) is 0. The molecule has 0 aliphatic heterocycles. The third kappa shape index (κ3) is 6.39. The van der Waals surface area contributed by atoms with Gasteiger partial charge in [0.25, 0.3) is 0 Å². The maximum Gasteiger partial charge on any atom is 0.386 e. The van der Waals surface area contributed by atoms with Crippen molar-refractivity contribution in [2.75, 3.05) is 26.2 Å². The summed E-state index contributed by atoms with van der Waals surface area (Å²) in [5, 5.41) is 3.89. The average molecular weight is 246 g/mol. The monoisotopic (exact) mass is 246 g/mol. The van der Waals surface area contributed by atoms with Gasteiger partial charge >= 0.3 is 9.28 Å². The highest BCUT2D eigenvalue weighted by Crippen LogP contribution is 2.01. The summed E-state index contributed by atoms with van der Waals surface area (Å²) < 4.78 is 11.7. The molecule has 5 heteroatoms. The minimum atomic E-state index is -1.75. The van der Waals surface area contributed by atoms with Crippen molar-refractivity contribution in [2.45, 2.75) is 34.6 Å². The first kappa shape index (κ1) is 15.8. The highest BCUT2D eigenvalue weighted by Gasteiger charge is 2.16. The molecule has 96 valence electrons. The molecule has 0 spiro atoms. The molecule has 0 aliphatic carbocycles. The van der Waals surface area contributed by atoms with Crippen LogP contribution < -0.4 is 0 Å². The van der Waals surface area contributed by atoms with Gasteiger partial charge in [0.15, 0.2) is 0 Å². The Morgan fingerprint density at radius 3 is 1.50 bits per heavy atom. The van der Waals surface area contributed by atoms with E-state index in [2.05, 4.69) is 33.4 Å². The lowest BCUT2D eigenvalue weighted by atomic mass is 10.6. The van der Waals surface area contributed by atoms with E-state index in [0.717, 1.165) is 26.2 Å². The molecule has 0 bridgehead atoms. The smallest absolute Gasteiger partial charge is 0.307 e. The summed E-state index contributed by atoms with van der Waals surface area (Å²) in [6.45, 7) is 13.9. The molecule has 0 rings (SSSR count). The van der Waals surface area contributed by atoms with Crippen LogP contribution in [-0.4, -0.2) is 45.6 Å². The maximum atomic E-state index is 5.85. The Balaban J connectivity index is 4.25. The van der Waals surface area contributed by atoms with E-state index in [-0.39, 0.29) is 0 Å². The van der Waals surface area contributed by atoms with Gasteiger partial charge in [-0.2, -0.15) is 10.1 Å². The van der Waals surface area contributed by atoms with Gasteiger partial charge in [0.2, 0.25) is 0 Å². The van der Waals surface area contributed by atoms with E-state index < -0.39 is 9.28 Å². The van der Waals surface area contributed by atoms with Crippen molar-refractivity contribution in [3.8, 4) is 0 Å². The third-order valence-electron chi connectivity index (χ3n) is 2.27. The van der Waals surface area contributed by atoms with Gasteiger partial charge in [0.05, 0.1) is 0 Å². The van der Waals surface area contributed by atoms with Gasteiger partial charge in [-0.05, 0) is 12.6 Å². The minimum Gasteiger partial charge on any atom is -0.307 e. The van der Waals surface area contributed by atoms with Crippen molar-refractivity contribution >= 4 is 9.28 Å². The van der Waals surface area contributed by atoms with Gasteiger partial charge in [-0.15, -0.1) is 0 Å². The fourth-order valence-electron chi connectivity index (χ4n) is 1.29. The van der Waals surface area contributed by atoms with E-state index in [4.69, 9.17) is 9.05 Å². The van der Waals surface area contributed by atoms with E-state index in [1.54, 1.807) is 0 Å². The molecule has 0 aliphatic rings. The quantitative estimate of drug-likeness (QED) is 0.458. The van der Waals surface area contributed by atoms with E-state index in [1.165, 1.54) is 0 Å². The van der Waals surface area contributed by atoms with Crippen molar-refractivity contribution in [1.29, 1.82) is 0 Å². The summed E-state index contributed by atoms with van der Waals surface area (Å²) in [5.41, 5.74) is 2.05. The van der Waals surface area contributed by atoms with Crippen LogP contribution >= 0.6 is 0 Å². The van der Waals surface area contributed by atoms with Crippen LogP contribution in [0.15, 0.2) is 11.8 Å². The number of allylic oxidation sites excluding steroid dienone is 1. The number of hydroxylamine groups is 4. The molecule has 0 amide bonds. The summed E-state index contributed by atoms with van der Waals surface area (Å²) in [6, 6.07) is 0. The normalized spacial score (nSPS) is 12.5. The highest BCUT2D eigenvalue weighted by molar-refractivity contribution is 6.50. The molecule has 4 nitrogen and oxygen atoms in total. The van der Waals surface area contributed by atoms with Crippen molar-refractivity contribution < 1.29 is 9.05 Å². The van der Waals surface area contributed by atoms with Gasteiger partial charge in [0.1, 0.15) is 0 Å². The molecular formula is C11H26N2O2Si. The zero-order valence-electron chi connectivity index (χ0n) is 11.3. The topological polar surface area (TPSA) is 24.9 Å². The van der Waals surface area contributed by atoms with Crippen molar-refractivity contribution in [3.05, 3.63) is 11.8 Å². The number of rotatable bonds is 9. The van der Waals surface area contributed by atoms with Crippen LogP contribution in [0.5, 0.6) is 0 Å².